The summed E-state index contributed by atoms with van der Waals surface area (Å²) < 4.78 is 13.7. The fourth-order valence-electron chi connectivity index (χ4n) is 1.92. The summed E-state index contributed by atoms with van der Waals surface area (Å²) >= 11 is 1.48. The molecule has 0 saturated heterocycles. The van der Waals surface area contributed by atoms with E-state index in [-0.39, 0.29) is 5.82 Å². The first-order valence-corrected chi connectivity index (χ1v) is 7.19. The summed E-state index contributed by atoms with van der Waals surface area (Å²) in [4.78, 5) is 4.42. The number of anilines is 1. The molecule has 0 spiro atoms. The van der Waals surface area contributed by atoms with Crippen LogP contribution < -0.4 is 5.32 Å². The molecule has 1 heterocycles. The standard InChI is InChI=1S/C16H13FN2S/c17-14-9-5-4-8-13(14)15-11-20-16(19-15)18-10-12-6-2-1-3-7-12/h1-9,11H,10H2,(H,18,19). The van der Waals surface area contributed by atoms with E-state index in [1.54, 1.807) is 12.1 Å². The van der Waals surface area contributed by atoms with Crippen molar-refractivity contribution < 1.29 is 4.39 Å². The highest BCUT2D eigenvalue weighted by molar-refractivity contribution is 7.14. The number of nitrogens with zero attached hydrogens (tertiary/aromatic N) is 1. The molecule has 0 aliphatic heterocycles. The molecule has 0 amide bonds. The highest BCUT2D eigenvalue weighted by atomic mass is 32.1. The van der Waals surface area contributed by atoms with Crippen LogP contribution in [0.3, 0.4) is 0 Å². The number of rotatable bonds is 4. The number of hydrogen-bond donors (Lipinski definition) is 1. The number of thiazole rings is 1. The van der Waals surface area contributed by atoms with E-state index >= 15 is 0 Å². The number of nitrogens with one attached hydrogen (secondary N) is 1. The number of aromatic nitrogens is 1. The first-order valence-electron chi connectivity index (χ1n) is 6.31. The predicted octanol–water partition coefficient (Wildman–Crippen LogP) is 4.56. The average molecular weight is 284 g/mol. The van der Waals surface area contributed by atoms with Crippen LogP contribution in [0.2, 0.25) is 0 Å². The number of benzene rings is 2. The Morgan fingerprint density at radius 1 is 1.00 bits per heavy atom. The van der Waals surface area contributed by atoms with Gasteiger partial charge in [0.15, 0.2) is 5.13 Å². The molecule has 0 bridgehead atoms. The molecule has 20 heavy (non-hydrogen) atoms. The molecule has 100 valence electrons. The van der Waals surface area contributed by atoms with E-state index in [1.165, 1.54) is 23.0 Å². The average Bonchev–Trinajstić information content (AvgIpc) is 2.95. The van der Waals surface area contributed by atoms with Crippen molar-refractivity contribution >= 4 is 16.5 Å². The van der Waals surface area contributed by atoms with Crippen molar-refractivity contribution in [3.8, 4) is 11.3 Å². The van der Waals surface area contributed by atoms with Gasteiger partial charge in [0.2, 0.25) is 0 Å². The van der Waals surface area contributed by atoms with E-state index < -0.39 is 0 Å². The lowest BCUT2D eigenvalue weighted by Gasteiger charge is -2.02. The van der Waals surface area contributed by atoms with Gasteiger partial charge >= 0.3 is 0 Å². The minimum Gasteiger partial charge on any atom is -0.357 e. The highest BCUT2D eigenvalue weighted by Gasteiger charge is 2.08. The smallest absolute Gasteiger partial charge is 0.183 e. The monoisotopic (exact) mass is 284 g/mol. The summed E-state index contributed by atoms with van der Waals surface area (Å²) in [5.74, 6) is -0.243. The van der Waals surface area contributed by atoms with Crippen LogP contribution in [0, 0.1) is 5.82 Å². The van der Waals surface area contributed by atoms with Crippen molar-refractivity contribution in [3.63, 3.8) is 0 Å². The minimum absolute atomic E-state index is 0.243. The van der Waals surface area contributed by atoms with Crippen molar-refractivity contribution in [2.24, 2.45) is 0 Å². The second-order valence-electron chi connectivity index (χ2n) is 4.36. The molecular formula is C16H13FN2S. The van der Waals surface area contributed by atoms with Gasteiger partial charge in [-0.1, -0.05) is 42.5 Å². The van der Waals surface area contributed by atoms with E-state index in [4.69, 9.17) is 0 Å². The molecule has 0 radical (unpaired) electrons. The Bertz CT molecular complexity index is 694. The van der Waals surface area contributed by atoms with Crippen LogP contribution in [0.5, 0.6) is 0 Å². The maximum atomic E-state index is 13.7. The van der Waals surface area contributed by atoms with Crippen LogP contribution >= 0.6 is 11.3 Å². The zero-order valence-electron chi connectivity index (χ0n) is 10.7. The molecule has 0 aliphatic carbocycles. The van der Waals surface area contributed by atoms with E-state index in [0.29, 0.717) is 17.8 Å². The molecule has 0 aliphatic rings. The highest BCUT2D eigenvalue weighted by Crippen LogP contribution is 2.26. The van der Waals surface area contributed by atoms with Crippen LogP contribution in [-0.4, -0.2) is 4.98 Å². The first kappa shape index (κ1) is 12.8. The third-order valence-corrected chi connectivity index (χ3v) is 3.74. The summed E-state index contributed by atoms with van der Waals surface area (Å²) in [5, 5.41) is 5.92. The number of halogens is 1. The lowest BCUT2D eigenvalue weighted by atomic mass is 10.2. The van der Waals surface area contributed by atoms with E-state index in [0.717, 1.165) is 5.13 Å². The SMILES string of the molecule is Fc1ccccc1-c1csc(NCc2ccccc2)n1. The van der Waals surface area contributed by atoms with E-state index in [1.807, 2.05) is 29.6 Å². The first-order chi connectivity index (χ1) is 9.83. The summed E-state index contributed by atoms with van der Waals surface area (Å²) in [7, 11) is 0. The Morgan fingerprint density at radius 2 is 1.75 bits per heavy atom. The Labute approximate surface area is 120 Å². The summed E-state index contributed by atoms with van der Waals surface area (Å²) in [6.45, 7) is 0.713. The van der Waals surface area contributed by atoms with Crippen LogP contribution in [0.25, 0.3) is 11.3 Å². The second kappa shape index (κ2) is 5.84. The molecule has 3 rings (SSSR count). The van der Waals surface area contributed by atoms with Gasteiger partial charge < -0.3 is 5.32 Å². The van der Waals surface area contributed by atoms with Crippen LogP contribution in [0.4, 0.5) is 9.52 Å². The van der Waals surface area contributed by atoms with Gasteiger partial charge in [-0.3, -0.25) is 0 Å². The van der Waals surface area contributed by atoms with Gasteiger partial charge in [-0.25, -0.2) is 9.37 Å². The normalized spacial score (nSPS) is 10.4. The molecule has 0 unspecified atom stereocenters. The van der Waals surface area contributed by atoms with Gasteiger partial charge in [0.25, 0.3) is 0 Å². The Hall–Kier alpha value is -2.20. The molecule has 0 atom stereocenters. The molecule has 4 heteroatoms. The maximum Gasteiger partial charge on any atom is 0.183 e. The third-order valence-electron chi connectivity index (χ3n) is 2.94. The molecule has 0 fully saturated rings. The van der Waals surface area contributed by atoms with Crippen LogP contribution in [0.15, 0.2) is 60.0 Å². The summed E-state index contributed by atoms with van der Waals surface area (Å²) in [6.07, 6.45) is 0. The number of hydrogen-bond acceptors (Lipinski definition) is 3. The van der Waals surface area contributed by atoms with Gasteiger partial charge in [-0.2, -0.15) is 0 Å². The fraction of sp³-hybridized carbons (Fsp3) is 0.0625. The van der Waals surface area contributed by atoms with Gasteiger partial charge in [0.1, 0.15) is 5.82 Å². The van der Waals surface area contributed by atoms with E-state index in [9.17, 15) is 4.39 Å². The Kier molecular flexibility index (Phi) is 3.74. The van der Waals surface area contributed by atoms with Gasteiger partial charge in [-0.15, -0.1) is 11.3 Å². The summed E-state index contributed by atoms with van der Waals surface area (Å²) in [5.41, 5.74) is 2.40. The quantitative estimate of drug-likeness (QED) is 0.759. The largest absolute Gasteiger partial charge is 0.357 e. The lowest BCUT2D eigenvalue weighted by Crippen LogP contribution is -1.98. The summed E-state index contributed by atoms with van der Waals surface area (Å²) in [6, 6.07) is 16.8. The minimum atomic E-state index is -0.243. The Morgan fingerprint density at radius 3 is 2.55 bits per heavy atom. The molecule has 1 N–H and O–H groups in total. The van der Waals surface area contributed by atoms with Crippen molar-refractivity contribution in [2.45, 2.75) is 6.54 Å². The molecule has 2 aromatic carbocycles. The predicted molar refractivity (Wildman–Crippen MR) is 81.3 cm³/mol. The van der Waals surface area contributed by atoms with Crippen LogP contribution in [-0.2, 0) is 6.54 Å². The Balaban J connectivity index is 1.73. The van der Waals surface area contributed by atoms with E-state index in [2.05, 4.69) is 22.4 Å². The lowest BCUT2D eigenvalue weighted by molar-refractivity contribution is 0.631. The molecule has 3 aromatic rings. The van der Waals surface area contributed by atoms with Gasteiger partial charge in [0, 0.05) is 17.5 Å². The zero-order chi connectivity index (χ0) is 13.8. The van der Waals surface area contributed by atoms with Crippen LogP contribution in [0.1, 0.15) is 5.56 Å². The third kappa shape index (κ3) is 2.86. The molecule has 1 aromatic heterocycles. The molecule has 2 nitrogen and oxygen atoms in total. The van der Waals surface area contributed by atoms with Crippen molar-refractivity contribution in [1.29, 1.82) is 0 Å². The molecule has 0 saturated carbocycles. The van der Waals surface area contributed by atoms with Gasteiger partial charge in [-0.05, 0) is 17.7 Å². The zero-order valence-corrected chi connectivity index (χ0v) is 11.5. The van der Waals surface area contributed by atoms with Crippen molar-refractivity contribution in [2.75, 3.05) is 5.32 Å². The molecular weight excluding hydrogens is 271 g/mol. The second-order valence-corrected chi connectivity index (χ2v) is 5.21. The topological polar surface area (TPSA) is 24.9 Å². The van der Waals surface area contributed by atoms with Crippen molar-refractivity contribution in [3.05, 3.63) is 71.4 Å². The fourth-order valence-corrected chi connectivity index (χ4v) is 2.63. The maximum absolute atomic E-state index is 13.7. The van der Waals surface area contributed by atoms with Crippen molar-refractivity contribution in [1.82, 2.24) is 4.98 Å². The van der Waals surface area contributed by atoms with Gasteiger partial charge in [0.05, 0.1) is 5.69 Å².